The summed E-state index contributed by atoms with van der Waals surface area (Å²) in [6.07, 6.45) is 7.37. The van der Waals surface area contributed by atoms with Gasteiger partial charge >= 0.3 is 0 Å². The summed E-state index contributed by atoms with van der Waals surface area (Å²) in [5.74, 6) is 2.65. The summed E-state index contributed by atoms with van der Waals surface area (Å²) in [5.41, 5.74) is 0. The maximum Gasteiger partial charge on any atom is 0.226 e. The number of aromatic nitrogens is 2. The van der Waals surface area contributed by atoms with Crippen molar-refractivity contribution in [2.24, 2.45) is 5.92 Å². The van der Waals surface area contributed by atoms with Gasteiger partial charge in [-0.25, -0.2) is 0 Å². The second-order valence-corrected chi connectivity index (χ2v) is 6.01. The molecule has 0 saturated heterocycles. The topological polar surface area (TPSA) is 51.0 Å². The molecule has 0 amide bonds. The highest BCUT2D eigenvalue weighted by molar-refractivity contribution is 4.94. The van der Waals surface area contributed by atoms with E-state index in [1.54, 1.807) is 0 Å². The molecule has 1 aromatic heterocycles. The number of nitrogens with zero attached hydrogens (tertiary/aromatic N) is 2. The smallest absolute Gasteiger partial charge is 0.226 e. The maximum atomic E-state index is 5.39. The van der Waals surface area contributed by atoms with Crippen molar-refractivity contribution >= 4 is 0 Å². The number of nitrogens with one attached hydrogen (secondary N) is 1. The Labute approximate surface area is 116 Å². The van der Waals surface area contributed by atoms with Crippen LogP contribution < -0.4 is 5.32 Å². The zero-order valence-electron chi connectivity index (χ0n) is 12.5. The van der Waals surface area contributed by atoms with Gasteiger partial charge in [-0.05, 0) is 31.7 Å². The van der Waals surface area contributed by atoms with Gasteiger partial charge < -0.3 is 9.84 Å². The minimum atomic E-state index is 0.345. The fraction of sp³-hybridized carbons (Fsp3) is 0.867. The molecule has 2 atom stereocenters. The SMILES string of the molecule is CCCNC1CCCCC1Cc1nc(C(C)C)no1. The highest BCUT2D eigenvalue weighted by Crippen LogP contribution is 2.27. The van der Waals surface area contributed by atoms with E-state index in [1.807, 2.05) is 0 Å². The van der Waals surface area contributed by atoms with Gasteiger partial charge in [0.1, 0.15) is 0 Å². The fourth-order valence-electron chi connectivity index (χ4n) is 2.86. The lowest BCUT2D eigenvalue weighted by molar-refractivity contribution is 0.239. The van der Waals surface area contributed by atoms with Crippen molar-refractivity contribution in [1.82, 2.24) is 15.5 Å². The quantitative estimate of drug-likeness (QED) is 0.857. The van der Waals surface area contributed by atoms with E-state index < -0.39 is 0 Å². The van der Waals surface area contributed by atoms with E-state index in [9.17, 15) is 0 Å². The minimum Gasteiger partial charge on any atom is -0.339 e. The van der Waals surface area contributed by atoms with E-state index in [4.69, 9.17) is 4.52 Å². The van der Waals surface area contributed by atoms with Crippen LogP contribution in [0.25, 0.3) is 0 Å². The normalized spacial score (nSPS) is 24.0. The van der Waals surface area contributed by atoms with Gasteiger partial charge in [0.25, 0.3) is 0 Å². The maximum absolute atomic E-state index is 5.39. The average molecular weight is 265 g/mol. The van der Waals surface area contributed by atoms with Crippen molar-refractivity contribution in [2.75, 3.05) is 6.54 Å². The largest absolute Gasteiger partial charge is 0.339 e. The molecule has 2 rings (SSSR count). The molecule has 108 valence electrons. The van der Waals surface area contributed by atoms with Crippen molar-refractivity contribution in [3.05, 3.63) is 11.7 Å². The molecule has 0 spiro atoms. The van der Waals surface area contributed by atoms with Crippen LogP contribution in [-0.2, 0) is 6.42 Å². The zero-order chi connectivity index (χ0) is 13.7. The van der Waals surface area contributed by atoms with Crippen LogP contribution >= 0.6 is 0 Å². The van der Waals surface area contributed by atoms with Crippen molar-refractivity contribution in [3.63, 3.8) is 0 Å². The molecule has 0 radical (unpaired) electrons. The first kappa shape index (κ1) is 14.5. The third kappa shape index (κ3) is 4.03. The molecule has 4 heteroatoms. The van der Waals surface area contributed by atoms with Crippen molar-refractivity contribution < 1.29 is 4.52 Å². The molecular formula is C15H27N3O. The van der Waals surface area contributed by atoms with Gasteiger partial charge in [-0.1, -0.05) is 38.8 Å². The number of rotatable bonds is 6. The summed E-state index contributed by atoms with van der Waals surface area (Å²) in [6.45, 7) is 7.53. The first-order chi connectivity index (χ1) is 9.20. The molecule has 1 heterocycles. The van der Waals surface area contributed by atoms with E-state index in [1.165, 1.54) is 32.1 Å². The fourth-order valence-corrected chi connectivity index (χ4v) is 2.86. The lowest BCUT2D eigenvalue weighted by Crippen LogP contribution is -2.39. The van der Waals surface area contributed by atoms with Gasteiger partial charge in [0.05, 0.1) is 0 Å². The molecule has 19 heavy (non-hydrogen) atoms. The molecule has 1 N–H and O–H groups in total. The molecule has 1 aromatic rings. The molecule has 0 aromatic carbocycles. The van der Waals surface area contributed by atoms with Gasteiger partial charge in [-0.15, -0.1) is 0 Å². The van der Waals surface area contributed by atoms with E-state index in [-0.39, 0.29) is 0 Å². The number of hydrogen-bond acceptors (Lipinski definition) is 4. The van der Waals surface area contributed by atoms with Crippen LogP contribution in [0.2, 0.25) is 0 Å². The zero-order valence-corrected chi connectivity index (χ0v) is 12.5. The predicted molar refractivity (Wildman–Crippen MR) is 76.1 cm³/mol. The van der Waals surface area contributed by atoms with Crippen LogP contribution in [0.4, 0.5) is 0 Å². The molecule has 0 aliphatic heterocycles. The molecule has 1 saturated carbocycles. The summed E-state index contributed by atoms with van der Waals surface area (Å²) < 4.78 is 5.39. The Balaban J connectivity index is 1.94. The third-order valence-electron chi connectivity index (χ3n) is 4.00. The summed E-state index contributed by atoms with van der Waals surface area (Å²) in [7, 11) is 0. The van der Waals surface area contributed by atoms with Gasteiger partial charge in [0.15, 0.2) is 5.82 Å². The van der Waals surface area contributed by atoms with Gasteiger partial charge in [-0.2, -0.15) is 4.98 Å². The lowest BCUT2D eigenvalue weighted by Gasteiger charge is -2.31. The Kier molecular flexibility index (Phi) is 5.37. The van der Waals surface area contributed by atoms with E-state index >= 15 is 0 Å². The van der Waals surface area contributed by atoms with Crippen molar-refractivity contribution in [2.45, 2.75) is 71.3 Å². The van der Waals surface area contributed by atoms with Gasteiger partial charge in [0.2, 0.25) is 5.89 Å². The highest BCUT2D eigenvalue weighted by Gasteiger charge is 2.26. The van der Waals surface area contributed by atoms with Crippen LogP contribution in [0, 0.1) is 5.92 Å². The first-order valence-electron chi connectivity index (χ1n) is 7.76. The second kappa shape index (κ2) is 7.04. The predicted octanol–water partition coefficient (Wildman–Crippen LogP) is 3.29. The molecule has 1 aliphatic rings. The van der Waals surface area contributed by atoms with Crippen LogP contribution in [0.5, 0.6) is 0 Å². The molecule has 0 bridgehead atoms. The minimum absolute atomic E-state index is 0.345. The lowest BCUT2D eigenvalue weighted by atomic mass is 9.82. The van der Waals surface area contributed by atoms with Gasteiger partial charge in [0, 0.05) is 18.4 Å². The summed E-state index contributed by atoms with van der Waals surface area (Å²) in [5, 5.41) is 7.74. The van der Waals surface area contributed by atoms with Crippen LogP contribution in [0.1, 0.15) is 70.5 Å². The second-order valence-electron chi connectivity index (χ2n) is 6.01. The molecule has 1 fully saturated rings. The van der Waals surface area contributed by atoms with Crippen LogP contribution in [0.3, 0.4) is 0 Å². The van der Waals surface area contributed by atoms with Crippen LogP contribution in [-0.4, -0.2) is 22.7 Å². The van der Waals surface area contributed by atoms with Gasteiger partial charge in [-0.3, -0.25) is 0 Å². The van der Waals surface area contributed by atoms with Crippen molar-refractivity contribution in [1.29, 1.82) is 0 Å². The average Bonchev–Trinajstić information content (AvgIpc) is 2.86. The Morgan fingerprint density at radius 3 is 2.79 bits per heavy atom. The standard InChI is InChI=1S/C15H27N3O/c1-4-9-16-13-8-6-5-7-12(13)10-14-17-15(11(2)3)18-19-14/h11-13,16H,4-10H2,1-3H3. The Hall–Kier alpha value is -0.900. The summed E-state index contributed by atoms with van der Waals surface area (Å²) >= 11 is 0. The molecule has 4 nitrogen and oxygen atoms in total. The molecule has 1 aliphatic carbocycles. The Bertz CT molecular complexity index is 375. The summed E-state index contributed by atoms with van der Waals surface area (Å²) in [6, 6.07) is 0.628. The van der Waals surface area contributed by atoms with Crippen molar-refractivity contribution in [3.8, 4) is 0 Å². The van der Waals surface area contributed by atoms with E-state index in [0.717, 1.165) is 24.7 Å². The molecular weight excluding hydrogens is 238 g/mol. The molecule has 2 unspecified atom stereocenters. The number of hydrogen-bond donors (Lipinski definition) is 1. The van der Waals surface area contributed by atoms with E-state index in [0.29, 0.717) is 17.9 Å². The monoisotopic (exact) mass is 265 g/mol. The summed E-state index contributed by atoms with van der Waals surface area (Å²) in [4.78, 5) is 4.51. The van der Waals surface area contributed by atoms with Crippen LogP contribution in [0.15, 0.2) is 4.52 Å². The van der Waals surface area contributed by atoms with E-state index in [2.05, 4.69) is 36.2 Å². The Morgan fingerprint density at radius 2 is 2.11 bits per heavy atom. The Morgan fingerprint density at radius 1 is 1.32 bits per heavy atom. The highest BCUT2D eigenvalue weighted by atomic mass is 16.5. The first-order valence-corrected chi connectivity index (χ1v) is 7.76. The third-order valence-corrected chi connectivity index (χ3v) is 4.00.